The zero-order valence-electron chi connectivity index (χ0n) is 13.6. The molecule has 0 unspecified atom stereocenters. The normalized spacial score (nSPS) is 15.4. The predicted molar refractivity (Wildman–Crippen MR) is 78.2 cm³/mol. The number of hydrogen-bond donors (Lipinski definition) is 1. The van der Waals surface area contributed by atoms with E-state index in [-0.39, 0.29) is 24.2 Å². The van der Waals surface area contributed by atoms with Gasteiger partial charge in [-0.2, -0.15) is 0 Å². The minimum atomic E-state index is -0.442. The maximum absolute atomic E-state index is 12.1. The summed E-state index contributed by atoms with van der Waals surface area (Å²) in [5, 5.41) is 3.30. The summed E-state index contributed by atoms with van der Waals surface area (Å²) >= 11 is 0. The minimum absolute atomic E-state index is 0.131. The van der Waals surface area contributed by atoms with Crippen LogP contribution < -0.4 is 5.32 Å². The van der Waals surface area contributed by atoms with Crippen LogP contribution in [-0.4, -0.2) is 36.4 Å². The first kappa shape index (κ1) is 18.4. The SMILES string of the molecule is CCC[C@@H](N[C@@H](C)COC(C)C)C(=O)OC(C)(C)C. The Morgan fingerprint density at radius 2 is 1.79 bits per heavy atom. The average molecular weight is 273 g/mol. The number of hydrogen-bond acceptors (Lipinski definition) is 4. The van der Waals surface area contributed by atoms with Gasteiger partial charge in [-0.1, -0.05) is 13.3 Å². The van der Waals surface area contributed by atoms with Crippen molar-refractivity contribution < 1.29 is 14.3 Å². The molecule has 0 saturated heterocycles. The summed E-state index contributed by atoms with van der Waals surface area (Å²) in [4.78, 5) is 12.1. The van der Waals surface area contributed by atoms with Gasteiger partial charge in [0.2, 0.25) is 0 Å². The fourth-order valence-corrected chi connectivity index (χ4v) is 1.66. The summed E-state index contributed by atoms with van der Waals surface area (Å²) in [6.07, 6.45) is 1.92. The third-order valence-corrected chi connectivity index (χ3v) is 2.43. The van der Waals surface area contributed by atoms with Crippen molar-refractivity contribution in [2.45, 2.75) is 85.1 Å². The van der Waals surface area contributed by atoms with E-state index in [1.165, 1.54) is 0 Å². The first-order valence-electron chi connectivity index (χ1n) is 7.26. The molecule has 0 saturated carbocycles. The van der Waals surface area contributed by atoms with E-state index in [0.717, 1.165) is 12.8 Å². The van der Waals surface area contributed by atoms with Gasteiger partial charge in [-0.3, -0.25) is 10.1 Å². The highest BCUT2D eigenvalue weighted by Crippen LogP contribution is 2.11. The van der Waals surface area contributed by atoms with Gasteiger partial charge >= 0.3 is 5.97 Å². The second-order valence-corrected chi connectivity index (χ2v) is 6.32. The molecule has 0 bridgehead atoms. The maximum atomic E-state index is 12.1. The van der Waals surface area contributed by atoms with Crippen molar-refractivity contribution >= 4 is 5.97 Å². The van der Waals surface area contributed by atoms with Crippen molar-refractivity contribution in [3.63, 3.8) is 0 Å². The van der Waals surface area contributed by atoms with E-state index in [4.69, 9.17) is 9.47 Å². The Labute approximate surface area is 118 Å². The summed E-state index contributed by atoms with van der Waals surface area (Å²) < 4.78 is 11.0. The zero-order chi connectivity index (χ0) is 15.1. The molecule has 0 aromatic rings. The lowest BCUT2D eigenvalue weighted by atomic mass is 10.1. The number of ether oxygens (including phenoxy) is 2. The molecular weight excluding hydrogens is 242 g/mol. The zero-order valence-corrected chi connectivity index (χ0v) is 13.6. The Morgan fingerprint density at radius 1 is 1.21 bits per heavy atom. The molecule has 0 aromatic carbocycles. The first-order valence-corrected chi connectivity index (χ1v) is 7.26. The Bertz CT molecular complexity index is 259. The maximum Gasteiger partial charge on any atom is 0.323 e. The molecule has 1 N–H and O–H groups in total. The van der Waals surface area contributed by atoms with Crippen molar-refractivity contribution in [1.82, 2.24) is 5.32 Å². The average Bonchev–Trinajstić information content (AvgIpc) is 2.23. The van der Waals surface area contributed by atoms with Crippen LogP contribution in [-0.2, 0) is 14.3 Å². The predicted octanol–water partition coefficient (Wildman–Crippen LogP) is 2.90. The standard InChI is InChI=1S/C15H31NO3/c1-8-9-13(14(17)19-15(5,6)7)16-12(4)10-18-11(2)3/h11-13,16H,8-10H2,1-7H3/t12-,13+/m0/s1. The van der Waals surface area contributed by atoms with E-state index >= 15 is 0 Å². The lowest BCUT2D eigenvalue weighted by Crippen LogP contribution is -2.46. The van der Waals surface area contributed by atoms with E-state index in [2.05, 4.69) is 12.2 Å². The van der Waals surface area contributed by atoms with Crippen molar-refractivity contribution in [3.8, 4) is 0 Å². The van der Waals surface area contributed by atoms with Gasteiger partial charge in [0, 0.05) is 6.04 Å². The molecule has 0 heterocycles. The summed E-state index contributed by atoms with van der Waals surface area (Å²) in [6.45, 7) is 14.4. The lowest BCUT2D eigenvalue weighted by Gasteiger charge is -2.26. The molecule has 4 heteroatoms. The summed E-state index contributed by atoms with van der Waals surface area (Å²) in [7, 11) is 0. The smallest absolute Gasteiger partial charge is 0.323 e. The van der Waals surface area contributed by atoms with Gasteiger partial charge in [-0.05, 0) is 48.0 Å². The molecule has 0 radical (unpaired) electrons. The van der Waals surface area contributed by atoms with Gasteiger partial charge in [-0.25, -0.2) is 0 Å². The third-order valence-electron chi connectivity index (χ3n) is 2.43. The number of esters is 1. The van der Waals surface area contributed by atoms with Crippen molar-refractivity contribution in [3.05, 3.63) is 0 Å². The third kappa shape index (κ3) is 9.91. The molecule has 0 spiro atoms. The molecule has 0 aliphatic rings. The van der Waals surface area contributed by atoms with E-state index in [9.17, 15) is 4.79 Å². The van der Waals surface area contributed by atoms with Crippen LogP contribution in [0, 0.1) is 0 Å². The van der Waals surface area contributed by atoms with Crippen LogP contribution in [0.15, 0.2) is 0 Å². The molecule has 0 aliphatic heterocycles. The Kier molecular flexibility index (Phi) is 8.26. The van der Waals surface area contributed by atoms with E-state index in [0.29, 0.717) is 6.61 Å². The van der Waals surface area contributed by atoms with Crippen LogP contribution in [0.3, 0.4) is 0 Å². The second-order valence-electron chi connectivity index (χ2n) is 6.32. The molecule has 0 amide bonds. The molecule has 4 nitrogen and oxygen atoms in total. The molecule has 0 rings (SSSR count). The highest BCUT2D eigenvalue weighted by molar-refractivity contribution is 5.76. The van der Waals surface area contributed by atoms with Crippen LogP contribution in [0.4, 0.5) is 0 Å². The van der Waals surface area contributed by atoms with Gasteiger partial charge in [-0.15, -0.1) is 0 Å². The van der Waals surface area contributed by atoms with Crippen molar-refractivity contribution in [2.24, 2.45) is 0 Å². The van der Waals surface area contributed by atoms with Crippen LogP contribution >= 0.6 is 0 Å². The Balaban J connectivity index is 4.35. The highest BCUT2D eigenvalue weighted by atomic mass is 16.6. The summed E-state index contributed by atoms with van der Waals surface area (Å²) in [6, 6.07) is -0.124. The summed E-state index contributed by atoms with van der Waals surface area (Å²) in [5.41, 5.74) is -0.442. The monoisotopic (exact) mass is 273 g/mol. The van der Waals surface area contributed by atoms with Crippen molar-refractivity contribution in [1.29, 1.82) is 0 Å². The quantitative estimate of drug-likeness (QED) is 0.691. The topological polar surface area (TPSA) is 47.6 Å². The van der Waals surface area contributed by atoms with Crippen LogP contribution in [0.1, 0.15) is 61.3 Å². The lowest BCUT2D eigenvalue weighted by molar-refractivity contribution is -0.158. The molecule has 19 heavy (non-hydrogen) atoms. The fourth-order valence-electron chi connectivity index (χ4n) is 1.66. The van der Waals surface area contributed by atoms with Crippen LogP contribution in [0.25, 0.3) is 0 Å². The molecular formula is C15H31NO3. The number of nitrogens with one attached hydrogen (secondary N) is 1. The fraction of sp³-hybridized carbons (Fsp3) is 0.933. The van der Waals surface area contributed by atoms with Gasteiger partial charge in [0.15, 0.2) is 0 Å². The highest BCUT2D eigenvalue weighted by Gasteiger charge is 2.25. The minimum Gasteiger partial charge on any atom is -0.459 e. The van der Waals surface area contributed by atoms with E-state index in [1.54, 1.807) is 0 Å². The summed E-state index contributed by atoms with van der Waals surface area (Å²) in [5.74, 6) is -0.175. The molecule has 0 aliphatic carbocycles. The van der Waals surface area contributed by atoms with Gasteiger partial charge in [0.25, 0.3) is 0 Å². The molecule has 114 valence electrons. The molecule has 0 aromatic heterocycles. The molecule has 2 atom stereocenters. The van der Waals surface area contributed by atoms with Crippen LogP contribution in [0.2, 0.25) is 0 Å². The van der Waals surface area contributed by atoms with E-state index < -0.39 is 5.60 Å². The number of rotatable bonds is 8. The first-order chi connectivity index (χ1) is 8.65. The van der Waals surface area contributed by atoms with Gasteiger partial charge in [0.05, 0.1) is 12.7 Å². The molecule has 0 fully saturated rings. The Morgan fingerprint density at radius 3 is 2.21 bits per heavy atom. The van der Waals surface area contributed by atoms with E-state index in [1.807, 2.05) is 41.5 Å². The second kappa shape index (κ2) is 8.54. The van der Waals surface area contributed by atoms with Gasteiger partial charge in [0.1, 0.15) is 11.6 Å². The number of carbonyl (C=O) groups excluding carboxylic acids is 1. The van der Waals surface area contributed by atoms with Crippen LogP contribution in [0.5, 0.6) is 0 Å². The Hall–Kier alpha value is -0.610. The number of carbonyl (C=O) groups is 1. The van der Waals surface area contributed by atoms with Gasteiger partial charge < -0.3 is 9.47 Å². The van der Waals surface area contributed by atoms with Crippen molar-refractivity contribution in [2.75, 3.05) is 6.61 Å². The largest absolute Gasteiger partial charge is 0.459 e.